The predicted molar refractivity (Wildman–Crippen MR) is 211 cm³/mol. The van der Waals surface area contributed by atoms with E-state index in [9.17, 15) is 14.4 Å². The van der Waals surface area contributed by atoms with E-state index < -0.39 is 5.60 Å². The molecule has 0 saturated heterocycles. The highest BCUT2D eigenvalue weighted by atomic mass is 16.6. The Labute approximate surface area is 341 Å². The zero-order valence-corrected chi connectivity index (χ0v) is 35.6. The molecule has 0 radical (unpaired) electrons. The Hall–Kier alpha value is -2.11. The third-order valence-electron chi connectivity index (χ3n) is 6.31. The molecular weight excluding hydrogens is 754 g/mol. The van der Waals surface area contributed by atoms with Gasteiger partial charge < -0.3 is 77.9 Å². The van der Waals surface area contributed by atoms with Crippen LogP contribution in [0.5, 0.6) is 0 Å². The Balaban J connectivity index is 0. The topological polar surface area (TPSA) is 221 Å². The first-order chi connectivity index (χ1) is 27.6. The molecule has 0 spiro atoms. The number of esters is 1. The Morgan fingerprint density at radius 2 is 0.649 bits per heavy atom. The van der Waals surface area contributed by atoms with Crippen molar-refractivity contribution >= 4 is 17.8 Å². The summed E-state index contributed by atoms with van der Waals surface area (Å²) in [5, 5.41) is 5.30. The monoisotopic (exact) mass is 832 g/mol. The number of hydrogen-bond donors (Lipinski definition) is 3. The first kappa shape index (κ1) is 57.0. The number of rotatable bonds is 42. The SMILES string of the molecule is CC(=O)NCCOCCOCCOCCOCCOCCOCCCC(=O)OC(C)(C)C.CC(=O)NCCOCCOCCOCCOCCOCCOCCN. The van der Waals surface area contributed by atoms with E-state index in [4.69, 9.17) is 67.3 Å². The average molecular weight is 832 g/mol. The minimum Gasteiger partial charge on any atom is -0.460 e. The Bertz CT molecular complexity index is 871. The zero-order chi connectivity index (χ0) is 42.3. The average Bonchev–Trinajstić information content (AvgIpc) is 3.15. The maximum atomic E-state index is 11.5. The summed E-state index contributed by atoms with van der Waals surface area (Å²) in [6.45, 7) is 22.3. The molecule has 0 aromatic heterocycles. The van der Waals surface area contributed by atoms with Gasteiger partial charge in [-0.2, -0.15) is 0 Å². The van der Waals surface area contributed by atoms with Crippen molar-refractivity contribution in [1.29, 1.82) is 0 Å². The molecule has 0 bridgehead atoms. The molecule has 0 aromatic carbocycles. The number of ether oxygens (including phenoxy) is 13. The van der Waals surface area contributed by atoms with Gasteiger partial charge in [-0.05, 0) is 27.2 Å². The quantitative estimate of drug-likeness (QED) is 0.0564. The Morgan fingerprint density at radius 1 is 0.404 bits per heavy atom. The van der Waals surface area contributed by atoms with Crippen molar-refractivity contribution in [2.75, 3.05) is 178 Å². The highest BCUT2D eigenvalue weighted by Gasteiger charge is 2.15. The van der Waals surface area contributed by atoms with Crippen LogP contribution in [0.2, 0.25) is 0 Å². The van der Waals surface area contributed by atoms with Gasteiger partial charge in [-0.3, -0.25) is 14.4 Å². The molecule has 0 aliphatic carbocycles. The predicted octanol–water partition coefficient (Wildman–Crippen LogP) is 0.525. The smallest absolute Gasteiger partial charge is 0.306 e. The second kappa shape index (κ2) is 46.6. The van der Waals surface area contributed by atoms with Crippen LogP contribution in [0.15, 0.2) is 0 Å². The number of carbonyl (C=O) groups is 3. The minimum atomic E-state index is -0.443. The molecule has 4 N–H and O–H groups in total. The molecule has 0 rings (SSSR count). The summed E-state index contributed by atoms with van der Waals surface area (Å²) >= 11 is 0. The molecule has 0 atom stereocenters. The number of hydrogen-bond acceptors (Lipinski definition) is 17. The molecule has 340 valence electrons. The number of nitrogens with two attached hydrogens (primary N) is 1. The molecule has 0 fully saturated rings. The van der Waals surface area contributed by atoms with Gasteiger partial charge in [0.05, 0.1) is 152 Å². The molecule has 0 aromatic rings. The van der Waals surface area contributed by atoms with Gasteiger partial charge in [0.2, 0.25) is 11.8 Å². The first-order valence-electron chi connectivity index (χ1n) is 19.9. The largest absolute Gasteiger partial charge is 0.460 e. The van der Waals surface area contributed by atoms with Crippen LogP contribution in [0.25, 0.3) is 0 Å². The molecule has 0 aliphatic heterocycles. The van der Waals surface area contributed by atoms with E-state index in [2.05, 4.69) is 10.6 Å². The van der Waals surface area contributed by atoms with E-state index in [1.807, 2.05) is 20.8 Å². The third-order valence-corrected chi connectivity index (χ3v) is 6.31. The van der Waals surface area contributed by atoms with Crippen molar-refractivity contribution < 1.29 is 76.0 Å². The third kappa shape index (κ3) is 58.3. The molecule has 0 heterocycles. The van der Waals surface area contributed by atoms with E-state index in [0.717, 1.165) is 0 Å². The molecule has 0 unspecified atom stereocenters. The van der Waals surface area contributed by atoms with Crippen LogP contribution in [0.1, 0.15) is 47.5 Å². The lowest BCUT2D eigenvalue weighted by molar-refractivity contribution is -0.155. The van der Waals surface area contributed by atoms with Gasteiger partial charge in [0.25, 0.3) is 0 Å². The molecule has 19 heteroatoms. The summed E-state index contributed by atoms with van der Waals surface area (Å²) in [5.41, 5.74) is 4.85. The van der Waals surface area contributed by atoms with Crippen molar-refractivity contribution in [2.24, 2.45) is 5.73 Å². The van der Waals surface area contributed by atoms with Gasteiger partial charge in [0.1, 0.15) is 5.60 Å². The molecule has 0 saturated carbocycles. The highest BCUT2D eigenvalue weighted by Crippen LogP contribution is 2.09. The Morgan fingerprint density at radius 3 is 0.895 bits per heavy atom. The van der Waals surface area contributed by atoms with E-state index in [1.165, 1.54) is 13.8 Å². The van der Waals surface area contributed by atoms with Gasteiger partial charge in [0.15, 0.2) is 0 Å². The van der Waals surface area contributed by atoms with Gasteiger partial charge in [0, 0.05) is 46.5 Å². The van der Waals surface area contributed by atoms with E-state index >= 15 is 0 Å². The van der Waals surface area contributed by atoms with Gasteiger partial charge in [-0.15, -0.1) is 0 Å². The maximum Gasteiger partial charge on any atom is 0.306 e. The van der Waals surface area contributed by atoms with Crippen LogP contribution >= 0.6 is 0 Å². The zero-order valence-electron chi connectivity index (χ0n) is 35.6. The van der Waals surface area contributed by atoms with Gasteiger partial charge in [-0.1, -0.05) is 0 Å². The summed E-state index contributed by atoms with van der Waals surface area (Å²) in [4.78, 5) is 32.8. The second-order valence-corrected chi connectivity index (χ2v) is 12.8. The molecule has 57 heavy (non-hydrogen) atoms. The highest BCUT2D eigenvalue weighted by molar-refractivity contribution is 5.73. The summed E-state index contributed by atoms with van der Waals surface area (Å²) in [7, 11) is 0. The lowest BCUT2D eigenvalue weighted by Crippen LogP contribution is -2.25. The van der Waals surface area contributed by atoms with Crippen LogP contribution in [-0.2, 0) is 76.0 Å². The van der Waals surface area contributed by atoms with Crippen molar-refractivity contribution in [2.45, 2.75) is 53.1 Å². The van der Waals surface area contributed by atoms with Crippen LogP contribution in [0, 0.1) is 0 Å². The van der Waals surface area contributed by atoms with Crippen molar-refractivity contribution in [1.82, 2.24) is 10.6 Å². The summed E-state index contributed by atoms with van der Waals surface area (Å²) < 4.78 is 69.4. The summed E-state index contributed by atoms with van der Waals surface area (Å²) in [5.74, 6) is -0.318. The lowest BCUT2D eigenvalue weighted by Gasteiger charge is -2.19. The number of amides is 2. The standard InChI is InChI=1S/C22H43NO9.C16H34N2O7/c1-20(24)23-7-9-27-11-13-29-15-17-31-19-18-30-16-14-28-12-10-26-8-5-6-21(25)32-22(2,3)4;1-16(19)18-3-5-21-7-9-23-11-13-25-15-14-24-12-10-22-8-6-20-4-2-17/h5-19H2,1-4H3,(H,23,24);2-15,17H2,1H3,(H,18,19). The minimum absolute atomic E-state index is 0.0542. The lowest BCUT2D eigenvalue weighted by atomic mass is 10.2. The van der Waals surface area contributed by atoms with E-state index in [1.54, 1.807) is 0 Å². The van der Waals surface area contributed by atoms with E-state index in [0.29, 0.717) is 191 Å². The Kier molecular flexibility index (Phi) is 46.6. The summed E-state index contributed by atoms with van der Waals surface area (Å²) in [6.07, 6.45) is 0.993. The fourth-order valence-corrected chi connectivity index (χ4v) is 3.80. The van der Waals surface area contributed by atoms with Crippen LogP contribution in [-0.4, -0.2) is 202 Å². The molecule has 19 nitrogen and oxygen atoms in total. The second-order valence-electron chi connectivity index (χ2n) is 12.8. The molecule has 0 aliphatic rings. The fourth-order valence-electron chi connectivity index (χ4n) is 3.80. The van der Waals surface area contributed by atoms with E-state index in [-0.39, 0.29) is 17.8 Å². The number of carbonyl (C=O) groups excluding carboxylic acids is 3. The van der Waals surface area contributed by atoms with Crippen LogP contribution in [0.3, 0.4) is 0 Å². The summed E-state index contributed by atoms with van der Waals surface area (Å²) in [6, 6.07) is 0. The molecular formula is C38H77N3O16. The molecule has 2 amide bonds. The fraction of sp³-hybridized carbons (Fsp3) is 0.921. The first-order valence-corrected chi connectivity index (χ1v) is 19.9. The van der Waals surface area contributed by atoms with Crippen molar-refractivity contribution in [3.8, 4) is 0 Å². The number of nitrogens with one attached hydrogen (secondary N) is 2. The maximum absolute atomic E-state index is 11.5. The van der Waals surface area contributed by atoms with Crippen molar-refractivity contribution in [3.63, 3.8) is 0 Å². The normalized spacial score (nSPS) is 11.3. The van der Waals surface area contributed by atoms with Gasteiger partial charge in [-0.25, -0.2) is 0 Å². The van der Waals surface area contributed by atoms with Crippen molar-refractivity contribution in [3.05, 3.63) is 0 Å². The van der Waals surface area contributed by atoms with Crippen LogP contribution < -0.4 is 16.4 Å². The van der Waals surface area contributed by atoms with Gasteiger partial charge >= 0.3 is 5.97 Å². The van der Waals surface area contributed by atoms with Crippen LogP contribution in [0.4, 0.5) is 0 Å².